The molecule has 6 nitrogen and oxygen atoms in total. The van der Waals surface area contributed by atoms with E-state index < -0.39 is 11.8 Å². The predicted molar refractivity (Wildman–Crippen MR) is 103 cm³/mol. The molecule has 2 amide bonds. The van der Waals surface area contributed by atoms with Crippen LogP contribution in [0, 0.1) is 0 Å². The minimum Gasteiger partial charge on any atom is -0.507 e. The van der Waals surface area contributed by atoms with Crippen LogP contribution in [0.3, 0.4) is 0 Å². The maximum absolute atomic E-state index is 12.1. The van der Waals surface area contributed by atoms with Gasteiger partial charge in [0.15, 0.2) is 0 Å². The second-order valence-corrected chi connectivity index (χ2v) is 5.95. The van der Waals surface area contributed by atoms with Crippen LogP contribution in [-0.4, -0.2) is 23.1 Å². The van der Waals surface area contributed by atoms with Gasteiger partial charge in [-0.2, -0.15) is 5.10 Å². The summed E-state index contributed by atoms with van der Waals surface area (Å²) in [6.07, 6.45) is 2.68. The van der Waals surface area contributed by atoms with Gasteiger partial charge in [0.1, 0.15) is 5.75 Å². The van der Waals surface area contributed by atoms with Gasteiger partial charge < -0.3 is 10.4 Å². The molecule has 0 saturated heterocycles. The van der Waals surface area contributed by atoms with Gasteiger partial charge in [0, 0.05) is 16.3 Å². The first kappa shape index (κ1) is 19.5. The van der Waals surface area contributed by atoms with Crippen LogP contribution in [0.2, 0.25) is 5.02 Å². The molecule has 0 fully saturated rings. The number of hydrazone groups is 1. The third kappa shape index (κ3) is 4.83. The van der Waals surface area contributed by atoms with Crippen molar-refractivity contribution in [2.24, 2.45) is 5.10 Å². The van der Waals surface area contributed by atoms with E-state index in [9.17, 15) is 14.7 Å². The van der Waals surface area contributed by atoms with E-state index in [0.717, 1.165) is 24.0 Å². The van der Waals surface area contributed by atoms with Crippen molar-refractivity contribution in [3.63, 3.8) is 0 Å². The number of phenols is 1. The Bertz CT molecular complexity index is 828. The summed E-state index contributed by atoms with van der Waals surface area (Å²) in [5.74, 6) is -1.76. The molecule has 0 atom stereocenters. The van der Waals surface area contributed by atoms with Crippen molar-refractivity contribution in [2.75, 3.05) is 5.32 Å². The van der Waals surface area contributed by atoms with Gasteiger partial charge in [0.05, 0.1) is 6.21 Å². The monoisotopic (exact) mass is 373 g/mol. The summed E-state index contributed by atoms with van der Waals surface area (Å²) < 4.78 is 0. The molecule has 0 aliphatic heterocycles. The topological polar surface area (TPSA) is 90.8 Å². The minimum absolute atomic E-state index is 0.0405. The van der Waals surface area contributed by atoms with Crippen LogP contribution >= 0.6 is 11.6 Å². The number of aromatic hydroxyl groups is 1. The molecular weight excluding hydrogens is 354 g/mol. The van der Waals surface area contributed by atoms with Crippen LogP contribution in [0.15, 0.2) is 41.5 Å². The molecule has 0 spiro atoms. The Kier molecular flexibility index (Phi) is 6.74. The molecule has 3 N–H and O–H groups in total. The molecule has 26 heavy (non-hydrogen) atoms. The highest BCUT2D eigenvalue weighted by atomic mass is 35.5. The first-order valence-corrected chi connectivity index (χ1v) is 8.57. The summed E-state index contributed by atoms with van der Waals surface area (Å²) in [5.41, 5.74) is 5.03. The van der Waals surface area contributed by atoms with Crippen LogP contribution < -0.4 is 10.7 Å². The molecule has 0 radical (unpaired) electrons. The van der Waals surface area contributed by atoms with E-state index in [2.05, 4.69) is 15.8 Å². The number of hydrogen-bond acceptors (Lipinski definition) is 4. The lowest BCUT2D eigenvalue weighted by Crippen LogP contribution is -2.33. The number of nitrogens with zero attached hydrogens (tertiary/aromatic N) is 1. The minimum atomic E-state index is -0.907. The second-order valence-electron chi connectivity index (χ2n) is 5.51. The molecule has 136 valence electrons. The molecule has 2 aromatic carbocycles. The summed E-state index contributed by atoms with van der Waals surface area (Å²) in [6.45, 7) is 3.96. The fourth-order valence-corrected chi connectivity index (χ4v) is 2.59. The summed E-state index contributed by atoms with van der Waals surface area (Å²) in [7, 11) is 0. The lowest BCUT2D eigenvalue weighted by atomic mass is 10.0. The number of para-hydroxylation sites is 1. The third-order valence-corrected chi connectivity index (χ3v) is 4.04. The van der Waals surface area contributed by atoms with Crippen molar-refractivity contribution < 1.29 is 14.7 Å². The van der Waals surface area contributed by atoms with Gasteiger partial charge >= 0.3 is 11.8 Å². The number of nitrogens with one attached hydrogen (secondary N) is 2. The summed E-state index contributed by atoms with van der Waals surface area (Å²) in [4.78, 5) is 24.1. The van der Waals surface area contributed by atoms with Gasteiger partial charge in [-0.15, -0.1) is 0 Å². The largest absolute Gasteiger partial charge is 0.507 e. The number of phenolic OH excluding ortho intramolecular Hbond substituents is 1. The Hall–Kier alpha value is -2.86. The number of amides is 2. The molecule has 2 aromatic rings. The van der Waals surface area contributed by atoms with Crippen molar-refractivity contribution in [3.05, 3.63) is 58.1 Å². The zero-order valence-electron chi connectivity index (χ0n) is 14.5. The average Bonchev–Trinajstić information content (AvgIpc) is 2.64. The number of carbonyl (C=O) groups excluding carboxylic acids is 2. The van der Waals surface area contributed by atoms with Gasteiger partial charge in [0.25, 0.3) is 0 Å². The molecular formula is C19H20ClN3O3. The Labute approximate surface area is 156 Å². The Morgan fingerprint density at radius 3 is 2.38 bits per heavy atom. The van der Waals surface area contributed by atoms with Crippen LogP contribution in [-0.2, 0) is 22.4 Å². The molecule has 0 heterocycles. The smallest absolute Gasteiger partial charge is 0.329 e. The van der Waals surface area contributed by atoms with Gasteiger partial charge in [-0.3, -0.25) is 9.59 Å². The number of hydrogen-bond donors (Lipinski definition) is 3. The van der Waals surface area contributed by atoms with Crippen molar-refractivity contribution in [1.82, 2.24) is 5.43 Å². The Morgan fingerprint density at radius 1 is 1.12 bits per heavy atom. The zero-order chi connectivity index (χ0) is 19.1. The molecule has 0 aliphatic carbocycles. The van der Waals surface area contributed by atoms with E-state index in [4.69, 9.17) is 11.6 Å². The van der Waals surface area contributed by atoms with E-state index in [1.807, 2.05) is 32.0 Å². The average molecular weight is 374 g/mol. The first-order valence-electron chi connectivity index (χ1n) is 8.19. The summed E-state index contributed by atoms with van der Waals surface area (Å²) >= 11 is 5.83. The predicted octanol–water partition coefficient (Wildman–Crippen LogP) is 3.26. The fourth-order valence-electron chi connectivity index (χ4n) is 2.41. The molecule has 0 bridgehead atoms. The second kappa shape index (κ2) is 9.01. The highest BCUT2D eigenvalue weighted by molar-refractivity contribution is 6.39. The molecule has 0 aliphatic rings. The maximum atomic E-state index is 12.1. The van der Waals surface area contributed by atoms with E-state index in [1.54, 1.807) is 0 Å². The standard InChI is InChI=1S/C19H20ClN3O3/c1-3-12-6-5-7-13(4-2)17(12)22-18(25)19(26)23-21-11-14-10-15(20)8-9-16(14)24/h5-11,24H,3-4H2,1-2H3,(H,22,25)(H,23,26)/b21-11+. The van der Waals surface area contributed by atoms with Gasteiger partial charge in [-0.1, -0.05) is 43.6 Å². The zero-order valence-corrected chi connectivity index (χ0v) is 15.3. The number of halogens is 1. The lowest BCUT2D eigenvalue weighted by Gasteiger charge is -2.13. The molecule has 7 heteroatoms. The van der Waals surface area contributed by atoms with Gasteiger partial charge in [0.2, 0.25) is 0 Å². The first-order chi connectivity index (χ1) is 12.5. The van der Waals surface area contributed by atoms with E-state index >= 15 is 0 Å². The van der Waals surface area contributed by atoms with Crippen molar-refractivity contribution in [1.29, 1.82) is 0 Å². The summed E-state index contributed by atoms with van der Waals surface area (Å²) in [6, 6.07) is 10.2. The third-order valence-electron chi connectivity index (χ3n) is 3.80. The van der Waals surface area contributed by atoms with E-state index in [-0.39, 0.29) is 5.75 Å². The van der Waals surface area contributed by atoms with Crippen molar-refractivity contribution in [2.45, 2.75) is 26.7 Å². The van der Waals surface area contributed by atoms with Crippen LogP contribution in [0.1, 0.15) is 30.5 Å². The highest BCUT2D eigenvalue weighted by Crippen LogP contribution is 2.22. The number of anilines is 1. The van der Waals surface area contributed by atoms with Crippen molar-refractivity contribution in [3.8, 4) is 5.75 Å². The number of rotatable bonds is 5. The van der Waals surface area contributed by atoms with E-state index in [1.165, 1.54) is 24.4 Å². The Balaban J connectivity index is 2.06. The van der Waals surface area contributed by atoms with E-state index in [0.29, 0.717) is 16.3 Å². The normalized spacial score (nSPS) is 10.7. The number of aryl methyl sites for hydroxylation is 2. The van der Waals surface area contributed by atoms with Crippen molar-refractivity contribution >= 4 is 35.3 Å². The lowest BCUT2D eigenvalue weighted by molar-refractivity contribution is -0.136. The number of carbonyl (C=O) groups is 2. The van der Waals surface area contributed by atoms with Gasteiger partial charge in [-0.05, 0) is 42.2 Å². The molecule has 0 saturated carbocycles. The van der Waals surface area contributed by atoms with Crippen LogP contribution in [0.5, 0.6) is 5.75 Å². The summed E-state index contributed by atoms with van der Waals surface area (Å²) in [5, 5.41) is 16.4. The molecule has 0 aromatic heterocycles. The van der Waals surface area contributed by atoms with Crippen LogP contribution in [0.4, 0.5) is 5.69 Å². The SMILES string of the molecule is CCc1cccc(CC)c1NC(=O)C(=O)N/N=C/c1cc(Cl)ccc1O. The highest BCUT2D eigenvalue weighted by Gasteiger charge is 2.16. The maximum Gasteiger partial charge on any atom is 0.329 e. The number of benzene rings is 2. The van der Waals surface area contributed by atoms with Crippen LogP contribution in [0.25, 0.3) is 0 Å². The Morgan fingerprint density at radius 2 is 1.77 bits per heavy atom. The molecule has 0 unspecified atom stereocenters. The molecule has 2 rings (SSSR count). The fraction of sp³-hybridized carbons (Fsp3) is 0.211. The quantitative estimate of drug-likeness (QED) is 0.427. The van der Waals surface area contributed by atoms with Gasteiger partial charge in [-0.25, -0.2) is 5.43 Å².